The van der Waals surface area contributed by atoms with Crippen LogP contribution in [0.2, 0.25) is 5.02 Å². The SMILES string of the molecule is CSc1sc(C(=N)N)cc1-c1nc(-c2c(-c3ccccc3Cl)noc2C)cs1. The lowest BCUT2D eigenvalue weighted by molar-refractivity contribution is 0.400. The first-order chi connectivity index (χ1) is 13.5. The number of thiazole rings is 1. The van der Waals surface area contributed by atoms with Crippen LogP contribution in [0.4, 0.5) is 0 Å². The summed E-state index contributed by atoms with van der Waals surface area (Å²) >= 11 is 11.0. The first kappa shape index (κ1) is 19.2. The van der Waals surface area contributed by atoms with Gasteiger partial charge in [-0.1, -0.05) is 35.0 Å². The lowest BCUT2D eigenvalue weighted by atomic mass is 10.0. The van der Waals surface area contributed by atoms with Crippen LogP contribution in [0.25, 0.3) is 33.1 Å². The van der Waals surface area contributed by atoms with E-state index in [1.807, 2.05) is 48.9 Å². The van der Waals surface area contributed by atoms with Gasteiger partial charge in [-0.15, -0.1) is 34.4 Å². The summed E-state index contributed by atoms with van der Waals surface area (Å²) in [5.41, 5.74) is 9.77. The number of amidine groups is 1. The van der Waals surface area contributed by atoms with E-state index in [-0.39, 0.29) is 5.84 Å². The van der Waals surface area contributed by atoms with Crippen LogP contribution >= 0.6 is 46.0 Å². The first-order valence-electron chi connectivity index (χ1n) is 8.19. The van der Waals surface area contributed by atoms with Gasteiger partial charge in [-0.05, 0) is 25.3 Å². The van der Waals surface area contributed by atoms with Crippen molar-refractivity contribution in [3.8, 4) is 33.1 Å². The number of nitrogens with one attached hydrogen (secondary N) is 1. The molecule has 0 atom stereocenters. The molecule has 0 aliphatic heterocycles. The van der Waals surface area contributed by atoms with Crippen molar-refractivity contribution >= 4 is 51.9 Å². The molecule has 28 heavy (non-hydrogen) atoms. The number of benzene rings is 1. The van der Waals surface area contributed by atoms with E-state index in [9.17, 15) is 0 Å². The van der Waals surface area contributed by atoms with Crippen LogP contribution in [0.5, 0.6) is 0 Å². The Hall–Kier alpha value is -2.13. The predicted octanol–water partition coefficient (Wildman–Crippen LogP) is 6.16. The molecule has 0 unspecified atom stereocenters. The summed E-state index contributed by atoms with van der Waals surface area (Å²) in [6.07, 6.45) is 2.01. The van der Waals surface area contributed by atoms with Gasteiger partial charge in [-0.2, -0.15) is 0 Å². The van der Waals surface area contributed by atoms with E-state index < -0.39 is 0 Å². The summed E-state index contributed by atoms with van der Waals surface area (Å²) in [4.78, 5) is 5.58. The number of nitrogen functional groups attached to an aromatic ring is 1. The molecule has 4 rings (SSSR count). The van der Waals surface area contributed by atoms with Crippen LogP contribution in [-0.4, -0.2) is 22.2 Å². The number of thioether (sulfide) groups is 1. The Bertz CT molecular complexity index is 1180. The van der Waals surface area contributed by atoms with Crippen LogP contribution in [-0.2, 0) is 0 Å². The second-order valence-electron chi connectivity index (χ2n) is 5.91. The van der Waals surface area contributed by atoms with Crippen molar-refractivity contribution in [3.05, 3.63) is 51.4 Å². The maximum absolute atomic E-state index is 7.70. The van der Waals surface area contributed by atoms with Gasteiger partial charge in [0.05, 0.1) is 25.4 Å². The van der Waals surface area contributed by atoms with Crippen molar-refractivity contribution in [1.82, 2.24) is 10.1 Å². The van der Waals surface area contributed by atoms with Crippen molar-refractivity contribution in [2.75, 3.05) is 6.26 Å². The molecule has 0 spiro atoms. The molecule has 3 heterocycles. The van der Waals surface area contributed by atoms with Gasteiger partial charge in [0.2, 0.25) is 0 Å². The van der Waals surface area contributed by atoms with Crippen molar-refractivity contribution in [2.45, 2.75) is 11.1 Å². The molecule has 9 heteroatoms. The van der Waals surface area contributed by atoms with Crippen LogP contribution in [0.15, 0.2) is 44.4 Å². The summed E-state index contributed by atoms with van der Waals surface area (Å²) in [6.45, 7) is 1.87. The molecular weight excluding hydrogens is 432 g/mol. The van der Waals surface area contributed by atoms with E-state index in [0.29, 0.717) is 16.5 Å². The summed E-state index contributed by atoms with van der Waals surface area (Å²) in [6, 6.07) is 9.47. The molecule has 142 valence electrons. The molecule has 0 saturated heterocycles. The minimum absolute atomic E-state index is 0.0687. The fourth-order valence-electron chi connectivity index (χ4n) is 2.83. The molecule has 0 bridgehead atoms. The normalized spacial score (nSPS) is 11.1. The second kappa shape index (κ2) is 7.71. The number of rotatable bonds is 5. The average Bonchev–Trinajstić information content (AvgIpc) is 3.39. The third-order valence-corrected chi connectivity index (χ3v) is 7.64. The Morgan fingerprint density at radius 2 is 2.07 bits per heavy atom. The van der Waals surface area contributed by atoms with Gasteiger partial charge in [0.1, 0.15) is 22.3 Å². The van der Waals surface area contributed by atoms with Crippen LogP contribution in [0, 0.1) is 12.3 Å². The Morgan fingerprint density at radius 3 is 2.79 bits per heavy atom. The van der Waals surface area contributed by atoms with Crippen molar-refractivity contribution in [3.63, 3.8) is 0 Å². The molecule has 3 N–H and O–H groups in total. The monoisotopic (exact) mass is 446 g/mol. The van der Waals surface area contributed by atoms with Crippen LogP contribution < -0.4 is 5.73 Å². The number of hydrogen-bond acceptors (Lipinski definition) is 7. The van der Waals surface area contributed by atoms with Gasteiger partial charge in [0.25, 0.3) is 0 Å². The molecule has 3 aromatic heterocycles. The van der Waals surface area contributed by atoms with E-state index in [0.717, 1.165) is 36.5 Å². The lowest BCUT2D eigenvalue weighted by Gasteiger charge is -2.02. The summed E-state index contributed by atoms with van der Waals surface area (Å²) in [5.74, 6) is 0.755. The largest absolute Gasteiger partial charge is 0.383 e. The van der Waals surface area contributed by atoms with Crippen molar-refractivity contribution in [1.29, 1.82) is 5.41 Å². The number of aromatic nitrogens is 2. The zero-order valence-electron chi connectivity index (χ0n) is 14.9. The topological polar surface area (TPSA) is 88.8 Å². The number of thiophene rings is 1. The highest BCUT2D eigenvalue weighted by Crippen LogP contribution is 2.42. The highest BCUT2D eigenvalue weighted by atomic mass is 35.5. The summed E-state index contributed by atoms with van der Waals surface area (Å²) < 4.78 is 6.55. The average molecular weight is 447 g/mol. The van der Waals surface area contributed by atoms with Gasteiger partial charge in [0.15, 0.2) is 0 Å². The zero-order valence-corrected chi connectivity index (χ0v) is 18.2. The van der Waals surface area contributed by atoms with Crippen LogP contribution in [0.1, 0.15) is 10.6 Å². The maximum Gasteiger partial charge on any atom is 0.143 e. The van der Waals surface area contributed by atoms with E-state index >= 15 is 0 Å². The highest BCUT2D eigenvalue weighted by Gasteiger charge is 2.22. The van der Waals surface area contributed by atoms with Gasteiger partial charge in [0, 0.05) is 16.5 Å². The van der Waals surface area contributed by atoms with E-state index in [1.165, 1.54) is 11.3 Å². The summed E-state index contributed by atoms with van der Waals surface area (Å²) in [7, 11) is 0. The van der Waals surface area contributed by atoms with Gasteiger partial charge in [-0.3, -0.25) is 5.41 Å². The smallest absolute Gasteiger partial charge is 0.143 e. The minimum Gasteiger partial charge on any atom is -0.383 e. The minimum atomic E-state index is 0.0687. The fourth-order valence-corrected chi connectivity index (χ4v) is 5.75. The molecular formula is C19H15ClN4OS3. The Kier molecular flexibility index (Phi) is 5.29. The second-order valence-corrected chi connectivity index (χ2v) is 9.30. The number of hydrogen-bond donors (Lipinski definition) is 2. The number of nitrogens with two attached hydrogens (primary N) is 1. The molecule has 0 amide bonds. The molecule has 0 saturated carbocycles. The first-order valence-corrected chi connectivity index (χ1v) is 11.5. The third-order valence-electron chi connectivity index (χ3n) is 4.13. The molecule has 1 aromatic carbocycles. The van der Waals surface area contributed by atoms with E-state index in [1.54, 1.807) is 23.1 Å². The van der Waals surface area contributed by atoms with Gasteiger partial charge < -0.3 is 10.3 Å². The molecule has 0 aliphatic carbocycles. The molecule has 0 aliphatic rings. The fraction of sp³-hybridized carbons (Fsp3) is 0.105. The lowest BCUT2D eigenvalue weighted by Crippen LogP contribution is -2.08. The summed E-state index contributed by atoms with van der Waals surface area (Å²) in [5, 5.41) is 15.4. The van der Waals surface area contributed by atoms with Gasteiger partial charge >= 0.3 is 0 Å². The third kappa shape index (κ3) is 3.37. The Balaban J connectivity index is 1.81. The number of aryl methyl sites for hydroxylation is 1. The number of nitrogens with zero attached hydrogens (tertiary/aromatic N) is 2. The predicted molar refractivity (Wildman–Crippen MR) is 119 cm³/mol. The van der Waals surface area contributed by atoms with E-state index in [2.05, 4.69) is 5.16 Å². The number of halogens is 1. The van der Waals surface area contributed by atoms with Crippen molar-refractivity contribution < 1.29 is 4.52 Å². The molecule has 0 radical (unpaired) electrons. The van der Waals surface area contributed by atoms with Gasteiger partial charge in [-0.25, -0.2) is 4.98 Å². The molecule has 4 aromatic rings. The highest BCUT2D eigenvalue weighted by molar-refractivity contribution is 8.00. The standard InChI is InChI=1S/C19H15ClN4OS3/c1-9-15(16(24-25-9)10-5-3-4-6-12(10)20)13-8-27-18(23-13)11-7-14(17(21)22)28-19(11)26-2/h3-8H,1-2H3,(H3,21,22). The Morgan fingerprint density at radius 1 is 1.29 bits per heavy atom. The molecule has 5 nitrogen and oxygen atoms in total. The maximum atomic E-state index is 7.70. The van der Waals surface area contributed by atoms with Crippen molar-refractivity contribution in [2.24, 2.45) is 5.73 Å². The zero-order chi connectivity index (χ0) is 19.8. The quantitative estimate of drug-likeness (QED) is 0.217. The molecule has 0 fully saturated rings. The van der Waals surface area contributed by atoms with Crippen LogP contribution in [0.3, 0.4) is 0 Å². The Labute approximate surface area is 179 Å². The van der Waals surface area contributed by atoms with E-state index in [4.69, 9.17) is 32.3 Å².